The molecule has 1 heterocycles. The molecule has 2 unspecified atom stereocenters. The third-order valence-corrected chi connectivity index (χ3v) is 4.60. The third-order valence-electron chi connectivity index (χ3n) is 4.60. The molecule has 1 aliphatic rings. The Kier molecular flexibility index (Phi) is 7.15. The van der Waals surface area contributed by atoms with Crippen LogP contribution in [0.3, 0.4) is 0 Å². The Morgan fingerprint density at radius 3 is 2.35 bits per heavy atom. The molecule has 0 aromatic heterocycles. The lowest BCUT2D eigenvalue weighted by atomic mass is 9.99. The van der Waals surface area contributed by atoms with E-state index in [0.29, 0.717) is 11.3 Å². The van der Waals surface area contributed by atoms with Crippen molar-refractivity contribution in [1.82, 2.24) is 0 Å². The van der Waals surface area contributed by atoms with Crippen LogP contribution in [-0.2, 0) is 16.1 Å². The number of nitrogen functional groups attached to an aromatic ring is 2. The van der Waals surface area contributed by atoms with E-state index in [4.69, 9.17) is 30.4 Å². The van der Waals surface area contributed by atoms with Crippen LogP contribution in [0.15, 0.2) is 42.5 Å². The molecule has 5 atom stereocenters. The number of aliphatic hydroxyl groups excluding tert-OH is 4. The molecule has 1 fully saturated rings. The molecule has 11 nitrogen and oxygen atoms in total. The minimum Gasteiger partial charge on any atom is -0.460 e. The highest BCUT2D eigenvalue weighted by atomic mass is 16.7. The monoisotopic (exact) mass is 436 g/mol. The minimum atomic E-state index is -1.57. The summed E-state index contributed by atoms with van der Waals surface area (Å²) in [7, 11) is 0. The van der Waals surface area contributed by atoms with E-state index >= 15 is 0 Å². The maximum atomic E-state index is 11.8. The zero-order chi connectivity index (χ0) is 22.5. The fraction of sp³-hybridized carbons (Fsp3) is 0.350. The van der Waals surface area contributed by atoms with E-state index in [1.807, 2.05) is 0 Å². The standard InChI is InChI=1S/C20H24N2O9/c21-11-2-4-12(5-3-11)29-20(27)28-9-10-1-6-14(13(22)7-10)30-19-18(26)17(25)16(24)15(8-23)31-19/h1-7,15-19,23-26H,8-9,21-22H2/t15?,16-,17?,18+,19+/m0/s1. The highest BCUT2D eigenvalue weighted by Gasteiger charge is 2.44. The van der Waals surface area contributed by atoms with Crippen LogP contribution < -0.4 is 20.9 Å². The van der Waals surface area contributed by atoms with E-state index < -0.39 is 43.5 Å². The van der Waals surface area contributed by atoms with E-state index in [-0.39, 0.29) is 23.8 Å². The summed E-state index contributed by atoms with van der Waals surface area (Å²) in [4.78, 5) is 11.8. The molecular formula is C20H24N2O9. The van der Waals surface area contributed by atoms with Gasteiger partial charge in [0.1, 0.15) is 42.5 Å². The molecule has 11 heteroatoms. The maximum Gasteiger partial charge on any atom is 0.514 e. The number of carbonyl (C=O) groups excluding carboxylic acids is 1. The summed E-state index contributed by atoms with van der Waals surface area (Å²) in [5.41, 5.74) is 12.7. The van der Waals surface area contributed by atoms with Crippen LogP contribution in [0.5, 0.6) is 11.5 Å². The highest BCUT2D eigenvalue weighted by molar-refractivity contribution is 5.64. The van der Waals surface area contributed by atoms with Crippen LogP contribution >= 0.6 is 0 Å². The second-order valence-corrected chi connectivity index (χ2v) is 6.90. The predicted molar refractivity (Wildman–Crippen MR) is 107 cm³/mol. The van der Waals surface area contributed by atoms with Gasteiger partial charge >= 0.3 is 6.16 Å². The second-order valence-electron chi connectivity index (χ2n) is 6.90. The van der Waals surface area contributed by atoms with Gasteiger partial charge in [-0.05, 0) is 42.0 Å². The van der Waals surface area contributed by atoms with Gasteiger partial charge in [-0.15, -0.1) is 0 Å². The molecule has 2 aromatic carbocycles. The molecule has 2 aromatic rings. The van der Waals surface area contributed by atoms with Crippen LogP contribution in [0.1, 0.15) is 5.56 Å². The van der Waals surface area contributed by atoms with Gasteiger partial charge in [0, 0.05) is 5.69 Å². The number of nitrogens with two attached hydrogens (primary N) is 2. The summed E-state index contributed by atoms with van der Waals surface area (Å²) in [6.45, 7) is -0.707. The summed E-state index contributed by atoms with van der Waals surface area (Å²) in [6.07, 6.45) is -8.02. The van der Waals surface area contributed by atoms with Gasteiger partial charge in [0.15, 0.2) is 0 Å². The van der Waals surface area contributed by atoms with Crippen molar-refractivity contribution in [2.75, 3.05) is 18.1 Å². The zero-order valence-corrected chi connectivity index (χ0v) is 16.3. The smallest absolute Gasteiger partial charge is 0.460 e. The molecular weight excluding hydrogens is 412 g/mol. The number of hydrogen-bond donors (Lipinski definition) is 6. The first kappa shape index (κ1) is 22.6. The first-order valence-electron chi connectivity index (χ1n) is 9.34. The van der Waals surface area contributed by atoms with E-state index in [1.165, 1.54) is 24.3 Å². The molecule has 0 amide bonds. The number of rotatable bonds is 6. The third kappa shape index (κ3) is 5.54. The normalized spacial score (nSPS) is 25.6. The summed E-state index contributed by atoms with van der Waals surface area (Å²) in [5, 5.41) is 38.9. The van der Waals surface area contributed by atoms with Crippen molar-refractivity contribution in [1.29, 1.82) is 0 Å². The Balaban J connectivity index is 1.57. The Morgan fingerprint density at radius 1 is 1.00 bits per heavy atom. The van der Waals surface area contributed by atoms with Crippen molar-refractivity contribution in [3.63, 3.8) is 0 Å². The van der Waals surface area contributed by atoms with E-state index in [9.17, 15) is 25.2 Å². The Labute approximate surface area is 177 Å². The van der Waals surface area contributed by atoms with E-state index in [1.54, 1.807) is 18.2 Å². The van der Waals surface area contributed by atoms with Crippen molar-refractivity contribution < 1.29 is 44.2 Å². The predicted octanol–water partition coefficient (Wildman–Crippen LogP) is -0.255. The molecule has 31 heavy (non-hydrogen) atoms. The fourth-order valence-corrected chi connectivity index (χ4v) is 2.89. The molecule has 8 N–H and O–H groups in total. The van der Waals surface area contributed by atoms with Crippen molar-refractivity contribution in [3.8, 4) is 11.5 Å². The molecule has 0 radical (unpaired) electrons. The van der Waals surface area contributed by atoms with Crippen molar-refractivity contribution in [2.45, 2.75) is 37.3 Å². The van der Waals surface area contributed by atoms with Gasteiger partial charge in [-0.3, -0.25) is 0 Å². The molecule has 1 aliphatic heterocycles. The maximum absolute atomic E-state index is 11.8. The largest absolute Gasteiger partial charge is 0.514 e. The highest BCUT2D eigenvalue weighted by Crippen LogP contribution is 2.29. The number of hydrogen-bond acceptors (Lipinski definition) is 11. The minimum absolute atomic E-state index is 0.123. The van der Waals surface area contributed by atoms with Gasteiger partial charge in [0.25, 0.3) is 0 Å². The van der Waals surface area contributed by atoms with Crippen molar-refractivity contribution in [3.05, 3.63) is 48.0 Å². The van der Waals surface area contributed by atoms with Gasteiger partial charge in [-0.1, -0.05) is 6.07 Å². The number of aliphatic hydroxyl groups is 4. The van der Waals surface area contributed by atoms with Gasteiger partial charge in [0.2, 0.25) is 6.29 Å². The Morgan fingerprint density at radius 2 is 1.71 bits per heavy atom. The summed E-state index contributed by atoms with van der Waals surface area (Å²) >= 11 is 0. The zero-order valence-electron chi connectivity index (χ0n) is 16.3. The summed E-state index contributed by atoms with van der Waals surface area (Å²) in [5.74, 6) is 0.402. The SMILES string of the molecule is Nc1ccc(OC(=O)OCc2ccc(O[C@@H]3OC(CO)[C@H](O)C(O)[C@H]3O)c(N)c2)cc1. The lowest BCUT2D eigenvalue weighted by Gasteiger charge is -2.39. The van der Waals surface area contributed by atoms with Crippen molar-refractivity contribution in [2.24, 2.45) is 0 Å². The lowest BCUT2D eigenvalue weighted by Crippen LogP contribution is -2.60. The van der Waals surface area contributed by atoms with Crippen LogP contribution in [-0.4, -0.2) is 63.9 Å². The second kappa shape index (κ2) is 9.81. The average Bonchev–Trinajstić information content (AvgIpc) is 2.75. The van der Waals surface area contributed by atoms with Gasteiger partial charge in [-0.2, -0.15) is 0 Å². The first-order chi connectivity index (χ1) is 14.8. The Bertz CT molecular complexity index is 891. The van der Waals surface area contributed by atoms with Crippen LogP contribution in [0.2, 0.25) is 0 Å². The fourth-order valence-electron chi connectivity index (χ4n) is 2.89. The van der Waals surface area contributed by atoms with Gasteiger partial charge in [-0.25, -0.2) is 4.79 Å². The summed E-state index contributed by atoms with van der Waals surface area (Å²) in [6, 6.07) is 10.7. The first-order valence-corrected chi connectivity index (χ1v) is 9.34. The van der Waals surface area contributed by atoms with Crippen LogP contribution in [0.25, 0.3) is 0 Å². The molecule has 0 spiro atoms. The molecule has 0 bridgehead atoms. The van der Waals surface area contributed by atoms with E-state index in [0.717, 1.165) is 0 Å². The molecule has 0 aliphatic carbocycles. The number of anilines is 2. The number of carbonyl (C=O) groups is 1. The lowest BCUT2D eigenvalue weighted by molar-refractivity contribution is -0.277. The van der Waals surface area contributed by atoms with Crippen LogP contribution in [0, 0.1) is 0 Å². The van der Waals surface area contributed by atoms with E-state index in [2.05, 4.69) is 0 Å². The quantitative estimate of drug-likeness (QED) is 0.199. The van der Waals surface area contributed by atoms with Crippen LogP contribution in [0.4, 0.5) is 16.2 Å². The topological polar surface area (TPSA) is 187 Å². The Hall–Kier alpha value is -3.09. The number of ether oxygens (including phenoxy) is 4. The van der Waals surface area contributed by atoms with Gasteiger partial charge in [0.05, 0.1) is 12.3 Å². The molecule has 168 valence electrons. The molecule has 3 rings (SSSR count). The molecule has 1 saturated heterocycles. The van der Waals surface area contributed by atoms with Crippen molar-refractivity contribution >= 4 is 17.5 Å². The summed E-state index contributed by atoms with van der Waals surface area (Å²) < 4.78 is 20.8. The molecule has 0 saturated carbocycles. The number of benzene rings is 2. The average molecular weight is 436 g/mol. The van der Waals surface area contributed by atoms with Gasteiger partial charge < -0.3 is 50.8 Å².